The predicted molar refractivity (Wildman–Crippen MR) is 46.7 cm³/mol. The average molecular weight is 197 g/mol. The third-order valence-corrected chi connectivity index (χ3v) is 1.57. The van der Waals surface area contributed by atoms with Gasteiger partial charge in [0.25, 0.3) is 0 Å². The Kier molecular flexibility index (Phi) is 2.94. The van der Waals surface area contributed by atoms with Gasteiger partial charge >= 0.3 is 0 Å². The Bertz CT molecular complexity index is 396. The van der Waals surface area contributed by atoms with E-state index < -0.39 is 0 Å². The lowest BCUT2D eigenvalue weighted by Gasteiger charge is -1.93. The summed E-state index contributed by atoms with van der Waals surface area (Å²) in [6, 6.07) is 3.23. The van der Waals surface area contributed by atoms with Crippen LogP contribution in [-0.2, 0) is 0 Å². The molecule has 0 radical (unpaired) electrons. The van der Waals surface area contributed by atoms with Crippen molar-refractivity contribution in [2.45, 2.75) is 0 Å². The average Bonchev–Trinajstić information content (AvgIpc) is 2.07. The second kappa shape index (κ2) is 3.97. The third-order valence-electron chi connectivity index (χ3n) is 1.06. The molecule has 1 rings (SSSR count). The van der Waals surface area contributed by atoms with Gasteiger partial charge in [-0.2, -0.15) is 5.26 Å². The first-order chi connectivity index (χ1) is 5.74. The van der Waals surface area contributed by atoms with Gasteiger partial charge in [-0.15, -0.1) is 0 Å². The molecule has 0 aliphatic heterocycles. The summed E-state index contributed by atoms with van der Waals surface area (Å²) in [5.74, 6) is 4.72. The fourth-order valence-corrected chi connectivity index (χ4v) is 0.914. The van der Waals surface area contributed by atoms with Crippen LogP contribution in [0.5, 0.6) is 0 Å². The highest BCUT2D eigenvalue weighted by molar-refractivity contribution is 6.32. The molecule has 1 aromatic rings. The second-order valence-corrected chi connectivity index (χ2v) is 2.65. The van der Waals surface area contributed by atoms with Gasteiger partial charge in [-0.05, 0) is 12.0 Å². The van der Waals surface area contributed by atoms with Crippen molar-refractivity contribution < 1.29 is 0 Å². The Labute approximate surface area is 79.7 Å². The molecule has 0 aliphatic carbocycles. The largest absolute Gasteiger partial charge is 0.242 e. The first-order valence-corrected chi connectivity index (χ1v) is 3.71. The van der Waals surface area contributed by atoms with Crippen molar-refractivity contribution >= 4 is 23.2 Å². The van der Waals surface area contributed by atoms with Crippen LogP contribution in [-0.4, -0.2) is 4.98 Å². The van der Waals surface area contributed by atoms with Crippen LogP contribution in [0.15, 0.2) is 12.3 Å². The normalized spacial score (nSPS) is 8.08. The molecule has 0 bridgehead atoms. The molecule has 0 N–H and O–H groups in total. The summed E-state index contributed by atoms with van der Waals surface area (Å²) in [5.41, 5.74) is 0.464. The van der Waals surface area contributed by atoms with E-state index in [0.29, 0.717) is 10.6 Å². The lowest BCUT2D eigenvalue weighted by molar-refractivity contribution is 1.31. The van der Waals surface area contributed by atoms with E-state index in [-0.39, 0.29) is 5.15 Å². The first kappa shape index (κ1) is 8.87. The smallest absolute Gasteiger partial charge is 0.152 e. The molecular weight excluding hydrogens is 195 g/mol. The summed E-state index contributed by atoms with van der Waals surface area (Å²) in [6.45, 7) is 0. The number of nitrogens with zero attached hydrogens (tertiary/aromatic N) is 2. The van der Waals surface area contributed by atoms with Crippen molar-refractivity contribution in [1.82, 2.24) is 4.98 Å². The molecule has 12 heavy (non-hydrogen) atoms. The van der Waals surface area contributed by atoms with Gasteiger partial charge in [0.2, 0.25) is 0 Å². The van der Waals surface area contributed by atoms with Crippen molar-refractivity contribution in [2.24, 2.45) is 0 Å². The lowest BCUT2D eigenvalue weighted by Crippen LogP contribution is -1.81. The Morgan fingerprint density at radius 3 is 2.83 bits per heavy atom. The minimum Gasteiger partial charge on any atom is -0.242 e. The van der Waals surface area contributed by atoms with Crippen LogP contribution in [0.2, 0.25) is 10.2 Å². The number of hydrogen-bond donors (Lipinski definition) is 0. The molecule has 2 nitrogen and oxygen atoms in total. The number of aromatic nitrogens is 1. The van der Waals surface area contributed by atoms with E-state index in [9.17, 15) is 0 Å². The Morgan fingerprint density at radius 2 is 2.17 bits per heavy atom. The first-order valence-electron chi connectivity index (χ1n) is 2.95. The van der Waals surface area contributed by atoms with Crippen LogP contribution in [0, 0.1) is 23.2 Å². The van der Waals surface area contributed by atoms with Gasteiger partial charge in [-0.1, -0.05) is 23.2 Å². The van der Waals surface area contributed by atoms with Crippen molar-refractivity contribution in [3.8, 4) is 17.9 Å². The summed E-state index contributed by atoms with van der Waals surface area (Å²) in [7, 11) is 0. The summed E-state index contributed by atoms with van der Waals surface area (Å²) in [6.07, 6.45) is 1.42. The van der Waals surface area contributed by atoms with Gasteiger partial charge in [0.1, 0.15) is 5.15 Å². The number of halogens is 2. The molecule has 0 aromatic carbocycles. The SMILES string of the molecule is N#CC#Cc1cc(Cl)cnc1Cl. The molecule has 0 atom stereocenters. The molecular formula is C8H2Cl2N2. The maximum atomic E-state index is 8.17. The fourth-order valence-electron chi connectivity index (χ4n) is 0.606. The van der Waals surface area contributed by atoms with Crippen molar-refractivity contribution in [3.05, 3.63) is 28.0 Å². The Balaban J connectivity index is 3.16. The molecule has 1 aromatic heterocycles. The van der Waals surface area contributed by atoms with E-state index in [4.69, 9.17) is 28.5 Å². The lowest BCUT2D eigenvalue weighted by atomic mass is 10.3. The van der Waals surface area contributed by atoms with Crippen LogP contribution in [0.25, 0.3) is 0 Å². The zero-order valence-electron chi connectivity index (χ0n) is 5.81. The van der Waals surface area contributed by atoms with Gasteiger partial charge in [0.05, 0.1) is 10.6 Å². The molecule has 4 heteroatoms. The molecule has 0 saturated carbocycles. The van der Waals surface area contributed by atoms with Crippen LogP contribution in [0.3, 0.4) is 0 Å². The molecule has 0 saturated heterocycles. The molecule has 0 amide bonds. The predicted octanol–water partition coefficient (Wildman–Crippen LogP) is 2.26. The molecule has 0 aliphatic rings. The van der Waals surface area contributed by atoms with Crippen molar-refractivity contribution in [2.75, 3.05) is 0 Å². The molecule has 0 unspecified atom stereocenters. The summed E-state index contributed by atoms with van der Waals surface area (Å²) in [5, 5.41) is 8.87. The van der Waals surface area contributed by atoms with Gasteiger partial charge < -0.3 is 0 Å². The minimum atomic E-state index is 0.252. The van der Waals surface area contributed by atoms with Crippen LogP contribution < -0.4 is 0 Å². The molecule has 0 fully saturated rings. The van der Waals surface area contributed by atoms with E-state index >= 15 is 0 Å². The van der Waals surface area contributed by atoms with Gasteiger partial charge in [-0.25, -0.2) is 4.98 Å². The summed E-state index contributed by atoms with van der Waals surface area (Å²) in [4.78, 5) is 3.75. The highest BCUT2D eigenvalue weighted by atomic mass is 35.5. The third kappa shape index (κ3) is 2.13. The van der Waals surface area contributed by atoms with Crippen LogP contribution in [0.4, 0.5) is 0 Å². The molecule has 0 spiro atoms. The summed E-state index contributed by atoms with van der Waals surface area (Å²) >= 11 is 11.3. The van der Waals surface area contributed by atoms with E-state index in [1.807, 2.05) is 0 Å². The van der Waals surface area contributed by atoms with Crippen LogP contribution >= 0.6 is 23.2 Å². The van der Waals surface area contributed by atoms with Crippen molar-refractivity contribution in [1.29, 1.82) is 5.26 Å². The second-order valence-electron chi connectivity index (χ2n) is 1.85. The van der Waals surface area contributed by atoms with Gasteiger partial charge in [-0.3, -0.25) is 0 Å². The van der Waals surface area contributed by atoms with Crippen LogP contribution in [0.1, 0.15) is 5.56 Å². The van der Waals surface area contributed by atoms with E-state index in [1.54, 1.807) is 12.1 Å². The number of hydrogen-bond acceptors (Lipinski definition) is 2. The zero-order valence-corrected chi connectivity index (χ0v) is 7.32. The van der Waals surface area contributed by atoms with Gasteiger partial charge in [0, 0.05) is 12.1 Å². The van der Waals surface area contributed by atoms with E-state index in [1.165, 1.54) is 6.20 Å². The Morgan fingerprint density at radius 1 is 1.42 bits per heavy atom. The minimum absolute atomic E-state index is 0.252. The number of pyridine rings is 1. The van der Waals surface area contributed by atoms with Crippen molar-refractivity contribution in [3.63, 3.8) is 0 Å². The standard InChI is InChI=1S/C8H2Cl2N2/c9-7-4-6(2-1-3-11)8(10)12-5-7/h4-5H. The topological polar surface area (TPSA) is 36.7 Å². The maximum absolute atomic E-state index is 8.17. The fraction of sp³-hybridized carbons (Fsp3) is 0. The highest BCUT2D eigenvalue weighted by Gasteiger charge is 1.98. The summed E-state index contributed by atoms with van der Waals surface area (Å²) < 4.78 is 0. The Hall–Kier alpha value is -1.22. The number of nitriles is 1. The maximum Gasteiger partial charge on any atom is 0.152 e. The quantitative estimate of drug-likeness (QED) is 0.472. The molecule has 1 heterocycles. The zero-order chi connectivity index (χ0) is 8.97. The van der Waals surface area contributed by atoms with E-state index in [2.05, 4.69) is 16.8 Å². The van der Waals surface area contributed by atoms with Gasteiger partial charge in [0.15, 0.2) is 6.07 Å². The van der Waals surface area contributed by atoms with E-state index in [0.717, 1.165) is 0 Å². The number of rotatable bonds is 0. The highest BCUT2D eigenvalue weighted by Crippen LogP contribution is 2.15. The molecule has 58 valence electrons. The monoisotopic (exact) mass is 196 g/mol.